The van der Waals surface area contributed by atoms with Crippen LogP contribution < -0.4 is 5.73 Å². The number of primary amides is 1. The third-order valence-electron chi connectivity index (χ3n) is 3.58. The Morgan fingerprint density at radius 3 is 2.60 bits per heavy atom. The molecule has 0 aromatic carbocycles. The summed E-state index contributed by atoms with van der Waals surface area (Å²) in [6.45, 7) is 5.10. The number of hydrogen-bond donors (Lipinski definition) is 1. The van der Waals surface area contributed by atoms with Gasteiger partial charge in [-0.3, -0.25) is 4.79 Å². The van der Waals surface area contributed by atoms with Gasteiger partial charge in [-0.2, -0.15) is 0 Å². The van der Waals surface area contributed by atoms with Crippen LogP contribution in [0.4, 0.5) is 0 Å². The predicted octanol–water partition coefficient (Wildman–Crippen LogP) is 1.32. The summed E-state index contributed by atoms with van der Waals surface area (Å²) in [6, 6.07) is 1.74. The molecule has 0 radical (unpaired) electrons. The Balaban J connectivity index is 2.90. The van der Waals surface area contributed by atoms with Gasteiger partial charge >= 0.3 is 0 Å². The fraction of sp³-hybridized carbons (Fsp3) is 0.538. The number of hydrogen-bond acceptors (Lipinski definition) is 5. The van der Waals surface area contributed by atoms with E-state index in [9.17, 15) is 13.2 Å². The highest BCUT2D eigenvalue weighted by molar-refractivity contribution is 7.92. The summed E-state index contributed by atoms with van der Waals surface area (Å²) in [7, 11) is -3.59. The lowest BCUT2D eigenvalue weighted by atomic mass is 10.0. The number of carbonyl (C=O) groups excluding carboxylic acids is 1. The van der Waals surface area contributed by atoms with Crippen LogP contribution in [0, 0.1) is 0 Å². The van der Waals surface area contributed by atoms with E-state index in [1.807, 2.05) is 19.9 Å². The highest BCUT2D eigenvalue weighted by Gasteiger charge is 2.41. The third-order valence-corrected chi connectivity index (χ3v) is 5.62. The summed E-state index contributed by atoms with van der Waals surface area (Å²) >= 11 is 0. The number of aryl methyl sites for hydroxylation is 1. The highest BCUT2D eigenvalue weighted by atomic mass is 32.2. The summed E-state index contributed by atoms with van der Waals surface area (Å²) in [5.41, 5.74) is 6.75. The molecule has 1 atom stereocenters. The summed E-state index contributed by atoms with van der Waals surface area (Å²) in [5, 5.41) is 3.87. The van der Waals surface area contributed by atoms with Gasteiger partial charge in [0.2, 0.25) is 5.91 Å². The predicted molar refractivity (Wildman–Crippen MR) is 76.6 cm³/mol. The summed E-state index contributed by atoms with van der Waals surface area (Å²) in [5.74, 6) is -0.226. The van der Waals surface area contributed by atoms with Crippen LogP contribution in [-0.4, -0.2) is 30.5 Å². The first kappa shape index (κ1) is 16.4. The monoisotopic (exact) mass is 300 g/mol. The summed E-state index contributed by atoms with van der Waals surface area (Å²) < 4.78 is 27.0. The Bertz CT molecular complexity index is 631. The molecule has 0 saturated carbocycles. The van der Waals surface area contributed by atoms with Crippen LogP contribution in [0.3, 0.4) is 0 Å². The van der Waals surface area contributed by atoms with Gasteiger partial charge in [0.1, 0.15) is 4.75 Å². The fourth-order valence-corrected chi connectivity index (χ4v) is 2.45. The van der Waals surface area contributed by atoms with Gasteiger partial charge in [0.05, 0.1) is 5.69 Å². The third kappa shape index (κ3) is 3.27. The summed E-state index contributed by atoms with van der Waals surface area (Å²) in [4.78, 5) is 11.4. The highest BCUT2D eigenvalue weighted by Crippen LogP contribution is 2.23. The molecule has 2 N–H and O–H groups in total. The van der Waals surface area contributed by atoms with Gasteiger partial charge in [0.15, 0.2) is 15.6 Å². The average molecular weight is 300 g/mol. The Morgan fingerprint density at radius 2 is 2.15 bits per heavy atom. The normalized spacial score (nSPS) is 15.9. The van der Waals surface area contributed by atoms with Gasteiger partial charge in [-0.15, -0.1) is 0 Å². The topological polar surface area (TPSA) is 103 Å². The van der Waals surface area contributed by atoms with Gasteiger partial charge < -0.3 is 10.3 Å². The molecule has 0 unspecified atom stereocenters. The maximum Gasteiger partial charge on any atom is 0.238 e. The molecule has 112 valence electrons. The number of sulfone groups is 1. The van der Waals surface area contributed by atoms with Crippen molar-refractivity contribution in [1.29, 1.82) is 0 Å². The molecule has 6 nitrogen and oxygen atoms in total. The zero-order chi connectivity index (χ0) is 15.6. The minimum absolute atomic E-state index is 0.0715. The Kier molecular flexibility index (Phi) is 4.75. The number of rotatable bonds is 6. The second-order valence-corrected chi connectivity index (χ2v) is 7.47. The van der Waals surface area contributed by atoms with Crippen LogP contribution in [0.25, 0.3) is 5.57 Å². The number of amides is 1. The van der Waals surface area contributed by atoms with E-state index in [0.29, 0.717) is 17.9 Å². The van der Waals surface area contributed by atoms with E-state index >= 15 is 0 Å². The Hall–Kier alpha value is -1.63. The number of nitrogens with two attached hydrogens (primary N) is 1. The smallest absolute Gasteiger partial charge is 0.238 e. The van der Waals surface area contributed by atoms with Crippen LogP contribution in [0.15, 0.2) is 16.7 Å². The van der Waals surface area contributed by atoms with Crippen molar-refractivity contribution in [3.05, 3.63) is 23.6 Å². The Morgan fingerprint density at radius 1 is 1.55 bits per heavy atom. The van der Waals surface area contributed by atoms with Crippen molar-refractivity contribution in [1.82, 2.24) is 5.16 Å². The van der Waals surface area contributed by atoms with Crippen molar-refractivity contribution in [3.8, 4) is 0 Å². The molecule has 1 amide bonds. The average Bonchev–Trinajstić information content (AvgIpc) is 2.82. The van der Waals surface area contributed by atoms with Gasteiger partial charge in [0.25, 0.3) is 0 Å². The molecule has 0 bridgehead atoms. The van der Waals surface area contributed by atoms with Crippen LogP contribution in [0.2, 0.25) is 0 Å². The van der Waals surface area contributed by atoms with Gasteiger partial charge in [-0.1, -0.05) is 11.2 Å². The molecule has 0 fully saturated rings. The fourth-order valence-electron chi connectivity index (χ4n) is 1.62. The van der Waals surface area contributed by atoms with Crippen LogP contribution >= 0.6 is 0 Å². The zero-order valence-electron chi connectivity index (χ0n) is 12.1. The molecule has 1 heterocycles. The first-order valence-electron chi connectivity index (χ1n) is 6.20. The van der Waals surface area contributed by atoms with E-state index in [4.69, 9.17) is 10.3 Å². The zero-order valence-corrected chi connectivity index (χ0v) is 13.0. The van der Waals surface area contributed by atoms with Gasteiger partial charge in [0, 0.05) is 12.3 Å². The van der Waals surface area contributed by atoms with Crippen molar-refractivity contribution < 1.29 is 17.7 Å². The first-order chi connectivity index (χ1) is 9.11. The minimum Gasteiger partial charge on any atom is -0.368 e. The number of allylic oxidation sites excluding steroid dienone is 2. The largest absolute Gasteiger partial charge is 0.368 e. The maximum absolute atomic E-state index is 11.7. The van der Waals surface area contributed by atoms with Crippen molar-refractivity contribution in [3.63, 3.8) is 0 Å². The maximum atomic E-state index is 11.7. The molecular formula is C13H20N2O4S. The van der Waals surface area contributed by atoms with Crippen molar-refractivity contribution in [2.45, 2.75) is 38.4 Å². The minimum atomic E-state index is -3.59. The molecule has 20 heavy (non-hydrogen) atoms. The SMILES string of the molecule is C/C=C(\C)c1cc(CC[C@](C)(C(N)=O)S(C)(=O)=O)no1. The quantitative estimate of drug-likeness (QED) is 0.853. The van der Waals surface area contributed by atoms with E-state index < -0.39 is 20.5 Å². The van der Waals surface area contributed by atoms with Gasteiger partial charge in [-0.25, -0.2) is 8.42 Å². The molecule has 0 saturated heterocycles. The van der Waals surface area contributed by atoms with E-state index in [1.54, 1.807) is 6.07 Å². The number of carbonyl (C=O) groups is 1. The number of nitrogens with zero attached hydrogens (tertiary/aromatic N) is 1. The van der Waals surface area contributed by atoms with E-state index in [1.165, 1.54) is 6.92 Å². The van der Waals surface area contributed by atoms with Crippen LogP contribution in [0.5, 0.6) is 0 Å². The van der Waals surface area contributed by atoms with Crippen molar-refractivity contribution in [2.75, 3.05) is 6.26 Å². The molecular weight excluding hydrogens is 280 g/mol. The van der Waals surface area contributed by atoms with E-state index in [-0.39, 0.29) is 6.42 Å². The molecule has 1 aromatic heterocycles. The van der Waals surface area contributed by atoms with E-state index in [2.05, 4.69) is 5.16 Å². The molecule has 0 aliphatic carbocycles. The molecule has 0 spiro atoms. The second-order valence-electron chi connectivity index (χ2n) is 5.02. The van der Waals surface area contributed by atoms with Gasteiger partial charge in [-0.05, 0) is 39.2 Å². The van der Waals surface area contributed by atoms with Crippen LogP contribution in [-0.2, 0) is 21.1 Å². The van der Waals surface area contributed by atoms with Crippen molar-refractivity contribution >= 4 is 21.3 Å². The Labute approximate surface area is 118 Å². The first-order valence-corrected chi connectivity index (χ1v) is 8.09. The lowest BCUT2D eigenvalue weighted by Crippen LogP contribution is -2.47. The standard InChI is InChI=1S/C13H20N2O4S/c1-5-9(2)11-8-10(15-19-11)6-7-13(3,12(14)16)20(4,17)18/h5,8H,6-7H2,1-4H3,(H2,14,16)/b9-5+/t13-/m1/s1. The second kappa shape index (κ2) is 5.78. The van der Waals surface area contributed by atoms with Crippen LogP contribution in [0.1, 0.15) is 38.6 Å². The lowest BCUT2D eigenvalue weighted by molar-refractivity contribution is -0.120. The number of aromatic nitrogens is 1. The summed E-state index contributed by atoms with van der Waals surface area (Å²) in [6.07, 6.45) is 3.26. The molecule has 0 aliphatic rings. The van der Waals surface area contributed by atoms with E-state index in [0.717, 1.165) is 11.8 Å². The molecule has 0 aliphatic heterocycles. The lowest BCUT2D eigenvalue weighted by Gasteiger charge is -2.23. The molecule has 1 rings (SSSR count). The molecule has 7 heteroatoms. The molecule has 1 aromatic rings. The van der Waals surface area contributed by atoms with Crippen molar-refractivity contribution in [2.24, 2.45) is 5.73 Å².